The van der Waals surface area contributed by atoms with Crippen LogP contribution in [-0.2, 0) is 6.54 Å². The molecule has 2 heterocycles. The Kier molecular flexibility index (Phi) is 5.36. The number of nitrogens with one attached hydrogen (secondary N) is 1. The second kappa shape index (κ2) is 8.05. The highest BCUT2D eigenvalue weighted by molar-refractivity contribution is 5.94. The summed E-state index contributed by atoms with van der Waals surface area (Å²) >= 11 is 0. The molecule has 0 aliphatic rings. The summed E-state index contributed by atoms with van der Waals surface area (Å²) in [5, 5.41) is 11.3. The molecule has 0 radical (unpaired) electrons. The molecule has 0 aliphatic heterocycles. The number of carbonyl (C=O) groups is 1. The van der Waals surface area contributed by atoms with Crippen LogP contribution in [0.4, 0.5) is 0 Å². The Bertz CT molecular complexity index is 788. The topological polar surface area (TPSA) is 81.9 Å². The van der Waals surface area contributed by atoms with Crippen LogP contribution >= 0.6 is 0 Å². The maximum Gasteiger partial charge on any atom is 0.253 e. The van der Waals surface area contributed by atoms with Gasteiger partial charge in [-0.2, -0.15) is 15.0 Å². The van der Waals surface area contributed by atoms with E-state index in [0.29, 0.717) is 24.6 Å². The minimum atomic E-state index is -0.257. The molecule has 0 aliphatic carbocycles. The average Bonchev–Trinajstić information content (AvgIpc) is 3.16. The van der Waals surface area contributed by atoms with Crippen molar-refractivity contribution in [3.8, 4) is 5.88 Å². The summed E-state index contributed by atoms with van der Waals surface area (Å²) in [7, 11) is 0. The zero-order chi connectivity index (χ0) is 17.5. The van der Waals surface area contributed by atoms with Crippen LogP contribution in [0.3, 0.4) is 0 Å². The maximum atomic E-state index is 12.6. The number of ether oxygens (including phenoxy) is 1. The van der Waals surface area contributed by atoms with Gasteiger partial charge in [0.2, 0.25) is 5.88 Å². The molecule has 0 unspecified atom stereocenters. The van der Waals surface area contributed by atoms with Gasteiger partial charge >= 0.3 is 0 Å². The van der Waals surface area contributed by atoms with Gasteiger partial charge in [-0.05, 0) is 18.6 Å². The Morgan fingerprint density at radius 2 is 1.92 bits per heavy atom. The van der Waals surface area contributed by atoms with E-state index in [0.717, 1.165) is 5.56 Å². The lowest BCUT2D eigenvalue weighted by atomic mass is 10.1. The number of aromatic nitrogens is 4. The molecule has 0 saturated carbocycles. The number of hydrogen-bond acceptors (Lipinski definition) is 5. The van der Waals surface area contributed by atoms with E-state index in [9.17, 15) is 4.79 Å². The van der Waals surface area contributed by atoms with E-state index >= 15 is 0 Å². The van der Waals surface area contributed by atoms with Crippen molar-refractivity contribution in [1.82, 2.24) is 25.3 Å². The average molecular weight is 337 g/mol. The highest BCUT2D eigenvalue weighted by Gasteiger charge is 2.17. The van der Waals surface area contributed by atoms with Gasteiger partial charge in [-0.25, -0.2) is 4.98 Å². The molecule has 1 atom stereocenters. The molecule has 128 valence electrons. The fourth-order valence-electron chi connectivity index (χ4n) is 2.41. The van der Waals surface area contributed by atoms with Crippen LogP contribution in [0.25, 0.3) is 0 Å². The predicted molar refractivity (Wildman–Crippen MR) is 92.1 cm³/mol. The molecule has 0 fully saturated rings. The van der Waals surface area contributed by atoms with Gasteiger partial charge in [-0.3, -0.25) is 4.79 Å². The van der Waals surface area contributed by atoms with Crippen LogP contribution in [0.2, 0.25) is 0 Å². The molecular formula is C18H19N5O2. The summed E-state index contributed by atoms with van der Waals surface area (Å²) in [6.07, 6.45) is 4.73. The van der Waals surface area contributed by atoms with Crippen LogP contribution in [-0.4, -0.2) is 32.5 Å². The molecule has 0 bridgehead atoms. The van der Waals surface area contributed by atoms with Crippen molar-refractivity contribution >= 4 is 5.91 Å². The van der Waals surface area contributed by atoms with Gasteiger partial charge in [-0.1, -0.05) is 30.3 Å². The molecule has 7 nitrogen and oxygen atoms in total. The number of carbonyl (C=O) groups excluding carboxylic acids is 1. The first kappa shape index (κ1) is 16.6. The van der Waals surface area contributed by atoms with Crippen LogP contribution in [0.15, 0.2) is 61.1 Å². The summed E-state index contributed by atoms with van der Waals surface area (Å²) in [5.74, 6) is 0.288. The number of nitrogens with zero attached hydrogens (tertiary/aromatic N) is 4. The highest BCUT2D eigenvalue weighted by Crippen LogP contribution is 2.16. The van der Waals surface area contributed by atoms with Crippen molar-refractivity contribution in [2.75, 3.05) is 6.61 Å². The third-order valence-corrected chi connectivity index (χ3v) is 3.61. The molecule has 1 aromatic carbocycles. The van der Waals surface area contributed by atoms with Gasteiger partial charge < -0.3 is 10.1 Å². The molecule has 3 rings (SSSR count). The molecule has 0 saturated heterocycles. The number of benzene rings is 1. The van der Waals surface area contributed by atoms with Gasteiger partial charge in [0.25, 0.3) is 5.91 Å². The van der Waals surface area contributed by atoms with E-state index in [1.54, 1.807) is 29.3 Å². The first-order valence-corrected chi connectivity index (χ1v) is 8.05. The molecule has 0 spiro atoms. The molecule has 1 amide bonds. The fourth-order valence-corrected chi connectivity index (χ4v) is 2.41. The SMILES string of the molecule is CCOc1ccc(C(=O)N[C@@H](Cn2nccn2)c2ccccc2)cn1. The first-order valence-electron chi connectivity index (χ1n) is 8.05. The Balaban J connectivity index is 1.76. The van der Waals surface area contributed by atoms with E-state index in [1.807, 2.05) is 37.3 Å². The Labute approximate surface area is 145 Å². The summed E-state index contributed by atoms with van der Waals surface area (Å²) in [4.78, 5) is 18.3. The van der Waals surface area contributed by atoms with E-state index in [1.165, 1.54) is 6.20 Å². The second-order valence-electron chi connectivity index (χ2n) is 5.34. The summed E-state index contributed by atoms with van der Waals surface area (Å²) in [5.41, 5.74) is 1.45. The van der Waals surface area contributed by atoms with Gasteiger partial charge in [0.05, 0.1) is 37.2 Å². The molecule has 3 aromatic rings. The summed E-state index contributed by atoms with van der Waals surface area (Å²) in [6, 6.07) is 12.9. The Morgan fingerprint density at radius 3 is 2.56 bits per heavy atom. The van der Waals surface area contributed by atoms with Crippen LogP contribution in [0.1, 0.15) is 28.9 Å². The van der Waals surface area contributed by atoms with Crippen molar-refractivity contribution in [3.05, 3.63) is 72.2 Å². The fraction of sp³-hybridized carbons (Fsp3) is 0.222. The van der Waals surface area contributed by atoms with E-state index in [4.69, 9.17) is 4.74 Å². The number of pyridine rings is 1. The zero-order valence-electron chi connectivity index (χ0n) is 13.9. The largest absolute Gasteiger partial charge is 0.478 e. The van der Waals surface area contributed by atoms with Gasteiger partial charge in [0.1, 0.15) is 0 Å². The van der Waals surface area contributed by atoms with Crippen molar-refractivity contribution in [1.29, 1.82) is 0 Å². The van der Waals surface area contributed by atoms with E-state index < -0.39 is 0 Å². The number of hydrogen-bond donors (Lipinski definition) is 1. The maximum absolute atomic E-state index is 12.6. The Morgan fingerprint density at radius 1 is 1.16 bits per heavy atom. The molecule has 1 N–H and O–H groups in total. The number of amides is 1. The van der Waals surface area contributed by atoms with Crippen LogP contribution in [0, 0.1) is 0 Å². The monoisotopic (exact) mass is 337 g/mol. The Hall–Kier alpha value is -3.22. The van der Waals surface area contributed by atoms with Gasteiger partial charge in [0, 0.05) is 12.3 Å². The summed E-state index contributed by atoms with van der Waals surface area (Å²) < 4.78 is 5.30. The first-order chi connectivity index (χ1) is 12.3. The molecule has 7 heteroatoms. The predicted octanol–water partition coefficient (Wildman–Crippen LogP) is 2.24. The molecule has 25 heavy (non-hydrogen) atoms. The second-order valence-corrected chi connectivity index (χ2v) is 5.34. The van der Waals surface area contributed by atoms with Crippen molar-refractivity contribution in [2.45, 2.75) is 19.5 Å². The van der Waals surface area contributed by atoms with Crippen LogP contribution < -0.4 is 10.1 Å². The minimum Gasteiger partial charge on any atom is -0.478 e. The third-order valence-electron chi connectivity index (χ3n) is 3.61. The standard InChI is InChI=1S/C18H19N5O2/c1-2-25-17-9-8-15(12-19-17)18(24)22-16(13-23-20-10-11-21-23)14-6-4-3-5-7-14/h3-12,16H,2,13H2,1H3,(H,22,24)/t16-/m0/s1. The smallest absolute Gasteiger partial charge is 0.253 e. The summed E-state index contributed by atoms with van der Waals surface area (Å²) in [6.45, 7) is 2.86. The van der Waals surface area contributed by atoms with Crippen molar-refractivity contribution < 1.29 is 9.53 Å². The van der Waals surface area contributed by atoms with Gasteiger partial charge in [-0.15, -0.1) is 0 Å². The third kappa shape index (κ3) is 4.41. The van der Waals surface area contributed by atoms with E-state index in [2.05, 4.69) is 20.5 Å². The minimum absolute atomic E-state index is 0.212. The quantitative estimate of drug-likeness (QED) is 0.715. The lowest BCUT2D eigenvalue weighted by Crippen LogP contribution is -2.32. The van der Waals surface area contributed by atoms with Crippen LogP contribution in [0.5, 0.6) is 5.88 Å². The highest BCUT2D eigenvalue weighted by atomic mass is 16.5. The van der Waals surface area contributed by atoms with Crippen molar-refractivity contribution in [2.24, 2.45) is 0 Å². The van der Waals surface area contributed by atoms with Gasteiger partial charge in [0.15, 0.2) is 0 Å². The normalized spacial score (nSPS) is 11.7. The zero-order valence-corrected chi connectivity index (χ0v) is 13.9. The number of rotatable bonds is 7. The lowest BCUT2D eigenvalue weighted by molar-refractivity contribution is 0.0930. The molecular weight excluding hydrogens is 318 g/mol. The molecule has 2 aromatic heterocycles. The van der Waals surface area contributed by atoms with E-state index in [-0.39, 0.29) is 11.9 Å². The lowest BCUT2D eigenvalue weighted by Gasteiger charge is -2.18. The van der Waals surface area contributed by atoms with Crippen molar-refractivity contribution in [3.63, 3.8) is 0 Å².